The van der Waals surface area contributed by atoms with Crippen LogP contribution in [0.3, 0.4) is 0 Å². The summed E-state index contributed by atoms with van der Waals surface area (Å²) in [7, 11) is 0. The molecule has 2 N–H and O–H groups in total. The van der Waals surface area contributed by atoms with Crippen molar-refractivity contribution >= 4 is 11.6 Å². The number of hydrogen-bond acceptors (Lipinski definition) is 6. The Hall–Kier alpha value is -2.18. The standard InChI is InChI=1S/C19H27N5O/c1-15(2)23-8-10-24(11-9-23)19-12-18(21-14-22-19)20-13-17(25)16-6-4-3-5-7-16/h3-7,12,14-15,17,25H,8-11,13H2,1-2H3,(H,20,21,22)/t17-/m0/s1. The van der Waals surface area contributed by atoms with Gasteiger partial charge in [-0.3, -0.25) is 4.90 Å². The van der Waals surface area contributed by atoms with E-state index in [4.69, 9.17) is 0 Å². The molecule has 0 radical (unpaired) electrons. The van der Waals surface area contributed by atoms with Crippen LogP contribution < -0.4 is 10.2 Å². The summed E-state index contributed by atoms with van der Waals surface area (Å²) in [6.45, 7) is 8.94. The van der Waals surface area contributed by atoms with Gasteiger partial charge in [-0.2, -0.15) is 0 Å². The lowest BCUT2D eigenvalue weighted by Crippen LogP contribution is -2.49. The third kappa shape index (κ3) is 4.67. The molecule has 3 rings (SSSR count). The molecule has 134 valence electrons. The molecule has 2 aromatic rings. The first-order valence-electron chi connectivity index (χ1n) is 8.91. The van der Waals surface area contributed by atoms with E-state index in [-0.39, 0.29) is 0 Å². The maximum Gasteiger partial charge on any atom is 0.134 e. The number of aliphatic hydroxyl groups excluding tert-OH is 1. The maximum absolute atomic E-state index is 10.3. The molecule has 1 atom stereocenters. The van der Waals surface area contributed by atoms with E-state index in [1.807, 2.05) is 36.4 Å². The highest BCUT2D eigenvalue weighted by molar-refractivity contribution is 5.49. The Labute approximate surface area is 149 Å². The number of nitrogens with one attached hydrogen (secondary N) is 1. The van der Waals surface area contributed by atoms with E-state index in [0.29, 0.717) is 12.6 Å². The Morgan fingerprint density at radius 2 is 1.80 bits per heavy atom. The predicted octanol–water partition coefficient (Wildman–Crippen LogP) is 2.15. The van der Waals surface area contributed by atoms with Crippen LogP contribution in [0.1, 0.15) is 25.5 Å². The summed E-state index contributed by atoms with van der Waals surface area (Å²) >= 11 is 0. The molecule has 6 nitrogen and oxygen atoms in total. The largest absolute Gasteiger partial charge is 0.387 e. The highest BCUT2D eigenvalue weighted by atomic mass is 16.3. The highest BCUT2D eigenvalue weighted by Gasteiger charge is 2.20. The third-order valence-corrected chi connectivity index (χ3v) is 4.68. The van der Waals surface area contributed by atoms with Crippen molar-refractivity contribution in [3.05, 3.63) is 48.3 Å². The zero-order valence-corrected chi connectivity index (χ0v) is 15.0. The lowest BCUT2D eigenvalue weighted by atomic mass is 10.1. The molecular weight excluding hydrogens is 314 g/mol. The molecule has 25 heavy (non-hydrogen) atoms. The van der Waals surface area contributed by atoms with Crippen LogP contribution in [0.2, 0.25) is 0 Å². The van der Waals surface area contributed by atoms with Crippen molar-refractivity contribution in [3.63, 3.8) is 0 Å². The molecule has 0 bridgehead atoms. The number of aliphatic hydroxyl groups is 1. The van der Waals surface area contributed by atoms with Gasteiger partial charge in [-0.15, -0.1) is 0 Å². The molecule has 0 saturated carbocycles. The van der Waals surface area contributed by atoms with Gasteiger partial charge in [-0.1, -0.05) is 30.3 Å². The van der Waals surface area contributed by atoms with Crippen LogP contribution in [-0.2, 0) is 0 Å². The van der Waals surface area contributed by atoms with Crippen molar-refractivity contribution in [3.8, 4) is 0 Å². The smallest absolute Gasteiger partial charge is 0.134 e. The monoisotopic (exact) mass is 341 g/mol. The van der Waals surface area contributed by atoms with E-state index in [9.17, 15) is 5.11 Å². The van der Waals surface area contributed by atoms with Gasteiger partial charge in [0, 0.05) is 44.8 Å². The lowest BCUT2D eigenvalue weighted by Gasteiger charge is -2.37. The number of hydrogen-bond donors (Lipinski definition) is 2. The Bertz CT molecular complexity index is 656. The third-order valence-electron chi connectivity index (χ3n) is 4.68. The van der Waals surface area contributed by atoms with Crippen molar-refractivity contribution < 1.29 is 5.11 Å². The Balaban J connectivity index is 1.57. The second kappa shape index (κ2) is 8.27. The molecule has 2 heterocycles. The SMILES string of the molecule is CC(C)N1CCN(c2cc(NC[C@H](O)c3ccccc3)ncn2)CC1. The normalized spacial score (nSPS) is 16.9. The molecular formula is C19H27N5O. The summed E-state index contributed by atoms with van der Waals surface area (Å²) in [6, 6.07) is 12.2. The average molecular weight is 341 g/mol. The summed E-state index contributed by atoms with van der Waals surface area (Å²) in [5, 5.41) is 13.5. The molecule has 0 spiro atoms. The van der Waals surface area contributed by atoms with Crippen LogP contribution in [0.15, 0.2) is 42.7 Å². The molecule has 6 heteroatoms. The molecule has 1 aliphatic heterocycles. The Morgan fingerprint density at radius 1 is 1.08 bits per heavy atom. The van der Waals surface area contributed by atoms with Crippen molar-refractivity contribution in [1.82, 2.24) is 14.9 Å². The van der Waals surface area contributed by atoms with Crippen molar-refractivity contribution in [2.75, 3.05) is 42.9 Å². The van der Waals surface area contributed by atoms with E-state index in [2.05, 4.69) is 38.9 Å². The van der Waals surface area contributed by atoms with Gasteiger partial charge in [-0.25, -0.2) is 9.97 Å². The van der Waals surface area contributed by atoms with Crippen LogP contribution in [0, 0.1) is 0 Å². The molecule has 0 aliphatic carbocycles. The molecule has 0 unspecified atom stereocenters. The topological polar surface area (TPSA) is 64.5 Å². The minimum absolute atomic E-state index is 0.418. The van der Waals surface area contributed by atoms with Crippen LogP contribution in [0.25, 0.3) is 0 Å². The number of anilines is 2. The first-order valence-corrected chi connectivity index (χ1v) is 8.91. The first-order chi connectivity index (χ1) is 12.1. The van der Waals surface area contributed by atoms with Gasteiger partial charge in [0.25, 0.3) is 0 Å². The fourth-order valence-corrected chi connectivity index (χ4v) is 3.08. The fraction of sp³-hybridized carbons (Fsp3) is 0.474. The first kappa shape index (κ1) is 17.6. The summed E-state index contributed by atoms with van der Waals surface area (Å²) in [6.07, 6.45) is 1.02. The van der Waals surface area contributed by atoms with Gasteiger partial charge in [0.2, 0.25) is 0 Å². The number of aromatic nitrogens is 2. The number of piperazine rings is 1. The van der Waals surface area contributed by atoms with Gasteiger partial charge in [-0.05, 0) is 19.4 Å². The van der Waals surface area contributed by atoms with Gasteiger partial charge in [0.15, 0.2) is 0 Å². The van der Waals surface area contributed by atoms with Gasteiger partial charge >= 0.3 is 0 Å². The average Bonchev–Trinajstić information content (AvgIpc) is 2.67. The van der Waals surface area contributed by atoms with Crippen LogP contribution in [0.4, 0.5) is 11.6 Å². The minimum atomic E-state index is -0.561. The van der Waals surface area contributed by atoms with Gasteiger partial charge in [0.1, 0.15) is 18.0 Å². The summed E-state index contributed by atoms with van der Waals surface area (Å²) in [5.41, 5.74) is 0.897. The fourth-order valence-electron chi connectivity index (χ4n) is 3.08. The Morgan fingerprint density at radius 3 is 2.48 bits per heavy atom. The highest BCUT2D eigenvalue weighted by Crippen LogP contribution is 2.18. The molecule has 1 aromatic heterocycles. The van der Waals surface area contributed by atoms with E-state index < -0.39 is 6.10 Å². The van der Waals surface area contributed by atoms with Crippen LogP contribution in [0.5, 0.6) is 0 Å². The van der Waals surface area contributed by atoms with E-state index in [1.54, 1.807) is 6.33 Å². The van der Waals surface area contributed by atoms with Crippen LogP contribution >= 0.6 is 0 Å². The maximum atomic E-state index is 10.3. The Kier molecular flexibility index (Phi) is 5.83. The molecule has 1 fully saturated rings. The lowest BCUT2D eigenvalue weighted by molar-refractivity contribution is 0.191. The molecule has 1 aliphatic rings. The number of rotatable bonds is 6. The quantitative estimate of drug-likeness (QED) is 0.839. The van der Waals surface area contributed by atoms with Crippen molar-refractivity contribution in [1.29, 1.82) is 0 Å². The second-order valence-electron chi connectivity index (χ2n) is 6.69. The number of nitrogens with zero attached hydrogens (tertiary/aromatic N) is 4. The zero-order chi connectivity index (χ0) is 17.6. The summed E-state index contributed by atoms with van der Waals surface area (Å²) in [4.78, 5) is 13.5. The molecule has 1 aromatic carbocycles. The van der Waals surface area contributed by atoms with Crippen molar-refractivity contribution in [2.24, 2.45) is 0 Å². The minimum Gasteiger partial charge on any atom is -0.387 e. The molecule has 0 amide bonds. The van der Waals surface area contributed by atoms with Crippen LogP contribution in [-0.4, -0.2) is 58.7 Å². The zero-order valence-electron chi connectivity index (χ0n) is 15.0. The van der Waals surface area contributed by atoms with Crippen molar-refractivity contribution in [2.45, 2.75) is 26.0 Å². The van der Waals surface area contributed by atoms with E-state index >= 15 is 0 Å². The predicted molar refractivity (Wildman–Crippen MR) is 101 cm³/mol. The van der Waals surface area contributed by atoms with E-state index in [0.717, 1.165) is 43.4 Å². The molecule has 1 saturated heterocycles. The summed E-state index contributed by atoms with van der Waals surface area (Å²) in [5.74, 6) is 1.68. The van der Waals surface area contributed by atoms with Gasteiger partial charge < -0.3 is 15.3 Å². The summed E-state index contributed by atoms with van der Waals surface area (Å²) < 4.78 is 0. The second-order valence-corrected chi connectivity index (χ2v) is 6.69. The number of benzene rings is 1. The van der Waals surface area contributed by atoms with E-state index in [1.165, 1.54) is 0 Å². The van der Waals surface area contributed by atoms with Gasteiger partial charge in [0.05, 0.1) is 6.10 Å².